The third-order valence-electron chi connectivity index (χ3n) is 5.82. The Morgan fingerprint density at radius 3 is 2.49 bits per heavy atom. The first-order chi connectivity index (χ1) is 17.9. The zero-order chi connectivity index (χ0) is 26.4. The predicted octanol–water partition coefficient (Wildman–Crippen LogP) is 4.30. The summed E-state index contributed by atoms with van der Waals surface area (Å²) in [5.74, 6) is -1.26. The number of carbonyl (C=O) groups excluding carboxylic acids is 3. The third-order valence-corrected chi connectivity index (χ3v) is 6.49. The van der Waals surface area contributed by atoms with Crippen LogP contribution in [0.15, 0.2) is 72.8 Å². The number of rotatable bonds is 10. The lowest BCUT2D eigenvalue weighted by Gasteiger charge is -2.25. The van der Waals surface area contributed by atoms with Crippen LogP contribution in [0, 0.1) is 9.39 Å². The van der Waals surface area contributed by atoms with E-state index in [1.165, 1.54) is 12.1 Å². The fourth-order valence-electron chi connectivity index (χ4n) is 3.96. The number of urea groups is 1. The summed E-state index contributed by atoms with van der Waals surface area (Å²) >= 11 is 1.97. The van der Waals surface area contributed by atoms with Crippen molar-refractivity contribution in [1.29, 1.82) is 0 Å². The van der Waals surface area contributed by atoms with Gasteiger partial charge in [0.1, 0.15) is 30.3 Å². The molecular weight excluding hydrogens is 592 g/mol. The van der Waals surface area contributed by atoms with E-state index < -0.39 is 35.7 Å². The van der Waals surface area contributed by atoms with Gasteiger partial charge in [0.05, 0.1) is 12.3 Å². The molecule has 0 aliphatic carbocycles. The van der Waals surface area contributed by atoms with E-state index in [9.17, 15) is 18.8 Å². The quantitative estimate of drug-likeness (QED) is 0.201. The van der Waals surface area contributed by atoms with E-state index >= 15 is 0 Å². The average Bonchev–Trinajstić information content (AvgIpc) is 3.19. The van der Waals surface area contributed by atoms with Gasteiger partial charge in [-0.3, -0.25) is 9.59 Å². The van der Waals surface area contributed by atoms with Gasteiger partial charge >= 0.3 is 6.03 Å². The molecule has 4 rings (SSSR count). The van der Waals surface area contributed by atoms with Gasteiger partial charge < -0.3 is 20.1 Å². The zero-order valence-corrected chi connectivity index (χ0v) is 22.1. The fraction of sp³-hybridized carbons (Fsp3) is 0.222. The summed E-state index contributed by atoms with van der Waals surface area (Å²) in [6.45, 7) is 0.811. The summed E-state index contributed by atoms with van der Waals surface area (Å²) in [4.78, 5) is 40.7. The van der Waals surface area contributed by atoms with Crippen LogP contribution in [0.1, 0.15) is 17.2 Å². The highest BCUT2D eigenvalue weighted by Crippen LogP contribution is 2.27. The summed E-state index contributed by atoms with van der Waals surface area (Å²) in [6, 6.07) is 17.3. The standard InChI is InChI=1S/C27H25FIN3O5/c1-36-13-14-37-20-10-7-18(8-11-20)24-26(34)32(27(35)31-24)23(15-17-5-3-2-4-6-17)25(33)30-22-12-9-19(29)16-21(22)28/h2-12,16,23-24H,13-15H2,1H3,(H,30,33)(H,31,35)/t23-,24+/m0/s1. The SMILES string of the molecule is COCCOc1ccc([C@H]2NC(=O)N([C@@H](Cc3ccccc3)C(=O)Nc3ccc(I)cc3F)C2=O)cc1. The number of carbonyl (C=O) groups is 3. The molecule has 4 amide bonds. The maximum Gasteiger partial charge on any atom is 0.325 e. The van der Waals surface area contributed by atoms with Gasteiger partial charge in [0.2, 0.25) is 5.91 Å². The number of amides is 4. The smallest absolute Gasteiger partial charge is 0.325 e. The Balaban J connectivity index is 1.57. The Kier molecular flexibility index (Phi) is 8.72. The minimum atomic E-state index is -1.20. The first-order valence-electron chi connectivity index (χ1n) is 11.5. The highest BCUT2D eigenvalue weighted by atomic mass is 127. The summed E-state index contributed by atoms with van der Waals surface area (Å²) in [6.07, 6.45) is 0.0663. The van der Waals surface area contributed by atoms with Gasteiger partial charge in [0.15, 0.2) is 0 Å². The Bertz CT molecular complexity index is 1270. The molecule has 0 spiro atoms. The maximum absolute atomic E-state index is 14.4. The maximum atomic E-state index is 14.4. The molecule has 8 nitrogen and oxygen atoms in total. The molecule has 3 aromatic carbocycles. The number of imide groups is 1. The van der Waals surface area contributed by atoms with Crippen LogP contribution in [0.25, 0.3) is 0 Å². The Morgan fingerprint density at radius 2 is 1.81 bits per heavy atom. The van der Waals surface area contributed by atoms with Crippen molar-refractivity contribution in [3.05, 3.63) is 93.3 Å². The second-order valence-electron chi connectivity index (χ2n) is 8.32. The highest BCUT2D eigenvalue weighted by Gasteiger charge is 2.45. The van der Waals surface area contributed by atoms with Gasteiger partial charge in [-0.05, 0) is 64.0 Å². The number of ether oxygens (including phenoxy) is 2. The molecular formula is C27H25FIN3O5. The summed E-state index contributed by atoms with van der Waals surface area (Å²) in [7, 11) is 1.58. The number of hydrogen-bond acceptors (Lipinski definition) is 5. The number of hydrogen-bond donors (Lipinski definition) is 2. The molecule has 10 heteroatoms. The van der Waals surface area contributed by atoms with Gasteiger partial charge in [-0.25, -0.2) is 14.1 Å². The van der Waals surface area contributed by atoms with E-state index in [4.69, 9.17) is 9.47 Å². The number of methoxy groups -OCH3 is 1. The van der Waals surface area contributed by atoms with Crippen LogP contribution in [0.3, 0.4) is 0 Å². The highest BCUT2D eigenvalue weighted by molar-refractivity contribution is 14.1. The van der Waals surface area contributed by atoms with Crippen molar-refractivity contribution in [3.8, 4) is 5.75 Å². The van der Waals surface area contributed by atoms with Crippen molar-refractivity contribution in [1.82, 2.24) is 10.2 Å². The van der Waals surface area contributed by atoms with Gasteiger partial charge in [0.25, 0.3) is 5.91 Å². The van der Waals surface area contributed by atoms with Crippen molar-refractivity contribution in [3.63, 3.8) is 0 Å². The van der Waals surface area contributed by atoms with Crippen LogP contribution >= 0.6 is 22.6 Å². The first kappa shape index (κ1) is 26.6. The topological polar surface area (TPSA) is 97.0 Å². The van der Waals surface area contributed by atoms with Crippen molar-refractivity contribution in [2.75, 3.05) is 25.6 Å². The largest absolute Gasteiger partial charge is 0.491 e. The van der Waals surface area contributed by atoms with Crippen molar-refractivity contribution >= 4 is 46.1 Å². The Hall–Kier alpha value is -3.51. The fourth-order valence-corrected chi connectivity index (χ4v) is 4.41. The normalized spacial score (nSPS) is 15.9. The molecule has 1 fully saturated rings. The van der Waals surface area contributed by atoms with E-state index in [2.05, 4.69) is 10.6 Å². The minimum Gasteiger partial charge on any atom is -0.491 e. The van der Waals surface area contributed by atoms with E-state index in [1.54, 1.807) is 61.7 Å². The Labute approximate surface area is 227 Å². The number of halogens is 2. The minimum absolute atomic E-state index is 0.0313. The number of anilines is 1. The summed E-state index contributed by atoms with van der Waals surface area (Å²) < 4.78 is 25.6. The molecule has 0 saturated carbocycles. The lowest BCUT2D eigenvalue weighted by atomic mass is 10.0. The molecule has 2 N–H and O–H groups in total. The van der Waals surface area contributed by atoms with Crippen molar-refractivity contribution < 1.29 is 28.2 Å². The molecule has 1 heterocycles. The van der Waals surface area contributed by atoms with Gasteiger partial charge in [-0.1, -0.05) is 42.5 Å². The summed E-state index contributed by atoms with van der Waals surface area (Å²) in [5.41, 5.74) is 1.26. The molecule has 3 aromatic rings. The molecule has 1 aliphatic heterocycles. The van der Waals surface area contributed by atoms with Crippen LogP contribution < -0.4 is 15.4 Å². The van der Waals surface area contributed by atoms with E-state index in [0.717, 1.165) is 10.5 Å². The number of benzene rings is 3. The third kappa shape index (κ3) is 6.44. The Morgan fingerprint density at radius 1 is 1.08 bits per heavy atom. The molecule has 1 saturated heterocycles. The lowest BCUT2D eigenvalue weighted by Crippen LogP contribution is -2.49. The molecule has 0 bridgehead atoms. The molecule has 192 valence electrons. The second kappa shape index (κ2) is 12.2. The molecule has 0 radical (unpaired) electrons. The van der Waals surface area contributed by atoms with Crippen LogP contribution in [0.2, 0.25) is 0 Å². The van der Waals surface area contributed by atoms with Gasteiger partial charge in [-0.2, -0.15) is 0 Å². The van der Waals surface area contributed by atoms with Crippen LogP contribution in [-0.2, 0) is 20.7 Å². The molecule has 0 aromatic heterocycles. The van der Waals surface area contributed by atoms with Crippen molar-refractivity contribution in [2.24, 2.45) is 0 Å². The lowest BCUT2D eigenvalue weighted by molar-refractivity contribution is -0.134. The van der Waals surface area contributed by atoms with E-state index in [1.807, 2.05) is 28.7 Å². The zero-order valence-electron chi connectivity index (χ0n) is 19.9. The molecule has 37 heavy (non-hydrogen) atoms. The summed E-state index contributed by atoms with van der Waals surface area (Å²) in [5, 5.41) is 5.21. The molecule has 1 aliphatic rings. The number of nitrogens with zero attached hydrogens (tertiary/aromatic N) is 1. The van der Waals surface area contributed by atoms with Gasteiger partial charge in [-0.15, -0.1) is 0 Å². The second-order valence-corrected chi connectivity index (χ2v) is 9.57. The van der Waals surface area contributed by atoms with Crippen LogP contribution in [0.5, 0.6) is 5.75 Å². The van der Waals surface area contributed by atoms with E-state index in [-0.39, 0.29) is 12.1 Å². The monoisotopic (exact) mass is 617 g/mol. The predicted molar refractivity (Wildman–Crippen MR) is 144 cm³/mol. The molecule has 2 atom stereocenters. The average molecular weight is 617 g/mol. The molecule has 0 unspecified atom stereocenters. The van der Waals surface area contributed by atoms with Crippen LogP contribution in [-0.4, -0.2) is 49.1 Å². The van der Waals surface area contributed by atoms with Crippen LogP contribution in [0.4, 0.5) is 14.9 Å². The van der Waals surface area contributed by atoms with Crippen molar-refractivity contribution in [2.45, 2.75) is 18.5 Å². The number of nitrogens with one attached hydrogen (secondary N) is 2. The first-order valence-corrected chi connectivity index (χ1v) is 12.6. The van der Waals surface area contributed by atoms with Gasteiger partial charge in [0, 0.05) is 17.1 Å². The van der Waals surface area contributed by atoms with E-state index in [0.29, 0.717) is 28.1 Å².